The first-order chi connectivity index (χ1) is 11.0. The van der Waals surface area contributed by atoms with Crippen LogP contribution in [0.4, 0.5) is 0 Å². The van der Waals surface area contributed by atoms with Gasteiger partial charge in [0, 0.05) is 0 Å². The fourth-order valence-corrected chi connectivity index (χ4v) is 2.33. The standard InChI is InChI=1S/C18H20N2O3/c1-12-2-4-13(5-3-12)14-6-8-15(9-7-14)16(10-18(22)23)20-17(21)11-19/h2-9,16H,10-11,19H2,1H3,(H,20,21)(H,22,23). The minimum absolute atomic E-state index is 0.169. The summed E-state index contributed by atoms with van der Waals surface area (Å²) in [4.78, 5) is 22.5. The molecule has 5 heteroatoms. The van der Waals surface area contributed by atoms with E-state index >= 15 is 0 Å². The second-order valence-electron chi connectivity index (χ2n) is 5.41. The molecule has 1 atom stereocenters. The summed E-state index contributed by atoms with van der Waals surface area (Å²) in [5.74, 6) is -1.35. The van der Waals surface area contributed by atoms with Crippen LogP contribution in [0.25, 0.3) is 11.1 Å². The lowest BCUT2D eigenvalue weighted by Gasteiger charge is -2.17. The zero-order valence-electron chi connectivity index (χ0n) is 13.0. The third-order valence-electron chi connectivity index (χ3n) is 3.60. The lowest BCUT2D eigenvalue weighted by Crippen LogP contribution is -2.34. The molecule has 0 aromatic heterocycles. The van der Waals surface area contributed by atoms with Crippen LogP contribution in [-0.2, 0) is 9.59 Å². The van der Waals surface area contributed by atoms with Crippen LogP contribution in [-0.4, -0.2) is 23.5 Å². The minimum atomic E-state index is -0.977. The predicted molar refractivity (Wildman–Crippen MR) is 88.8 cm³/mol. The Morgan fingerprint density at radius 2 is 1.57 bits per heavy atom. The van der Waals surface area contributed by atoms with Gasteiger partial charge in [-0.1, -0.05) is 54.1 Å². The summed E-state index contributed by atoms with van der Waals surface area (Å²) in [5.41, 5.74) is 9.34. The van der Waals surface area contributed by atoms with Crippen molar-refractivity contribution in [1.82, 2.24) is 5.32 Å². The summed E-state index contributed by atoms with van der Waals surface area (Å²) >= 11 is 0. The first-order valence-corrected chi connectivity index (χ1v) is 7.38. The van der Waals surface area contributed by atoms with Crippen molar-refractivity contribution in [1.29, 1.82) is 0 Å². The largest absolute Gasteiger partial charge is 0.481 e. The van der Waals surface area contributed by atoms with Crippen molar-refractivity contribution in [2.24, 2.45) is 5.73 Å². The highest BCUT2D eigenvalue weighted by atomic mass is 16.4. The van der Waals surface area contributed by atoms with E-state index in [-0.39, 0.29) is 18.9 Å². The van der Waals surface area contributed by atoms with Gasteiger partial charge in [0.25, 0.3) is 0 Å². The molecule has 1 amide bonds. The summed E-state index contributed by atoms with van der Waals surface area (Å²) < 4.78 is 0. The normalized spacial score (nSPS) is 11.7. The highest BCUT2D eigenvalue weighted by Crippen LogP contribution is 2.23. The average molecular weight is 312 g/mol. The summed E-state index contributed by atoms with van der Waals surface area (Å²) in [6.07, 6.45) is -0.185. The molecule has 0 fully saturated rings. The summed E-state index contributed by atoms with van der Waals surface area (Å²) in [7, 11) is 0. The second-order valence-corrected chi connectivity index (χ2v) is 5.41. The monoisotopic (exact) mass is 312 g/mol. The Labute approximate surface area is 135 Å². The van der Waals surface area contributed by atoms with Gasteiger partial charge in [-0.15, -0.1) is 0 Å². The van der Waals surface area contributed by atoms with Gasteiger partial charge >= 0.3 is 5.97 Å². The number of nitrogens with two attached hydrogens (primary N) is 1. The summed E-state index contributed by atoms with van der Waals surface area (Å²) in [6, 6.07) is 15.1. The van der Waals surface area contributed by atoms with Crippen LogP contribution < -0.4 is 11.1 Å². The molecule has 0 saturated carbocycles. The molecule has 0 saturated heterocycles. The quantitative estimate of drug-likeness (QED) is 0.763. The first-order valence-electron chi connectivity index (χ1n) is 7.38. The third kappa shape index (κ3) is 4.66. The Kier molecular flexibility index (Phi) is 5.49. The van der Waals surface area contributed by atoms with Gasteiger partial charge in [-0.25, -0.2) is 0 Å². The number of nitrogens with one attached hydrogen (secondary N) is 1. The van der Waals surface area contributed by atoms with Crippen molar-refractivity contribution in [2.45, 2.75) is 19.4 Å². The zero-order chi connectivity index (χ0) is 16.8. The van der Waals surface area contributed by atoms with E-state index in [1.54, 1.807) is 0 Å². The topological polar surface area (TPSA) is 92.4 Å². The van der Waals surface area contributed by atoms with Crippen LogP contribution >= 0.6 is 0 Å². The molecule has 2 aromatic rings. The van der Waals surface area contributed by atoms with E-state index in [1.807, 2.05) is 55.5 Å². The molecule has 0 spiro atoms. The van der Waals surface area contributed by atoms with E-state index in [4.69, 9.17) is 10.8 Å². The smallest absolute Gasteiger partial charge is 0.305 e. The van der Waals surface area contributed by atoms with Gasteiger partial charge in [0.2, 0.25) is 5.91 Å². The number of hydrogen-bond donors (Lipinski definition) is 3. The predicted octanol–water partition coefficient (Wildman–Crippen LogP) is 2.25. The molecule has 0 aliphatic rings. The van der Waals surface area contributed by atoms with Crippen molar-refractivity contribution in [3.05, 3.63) is 59.7 Å². The molecule has 0 bridgehead atoms. The number of aryl methyl sites for hydroxylation is 1. The number of hydrogen-bond acceptors (Lipinski definition) is 3. The molecule has 5 nitrogen and oxygen atoms in total. The average Bonchev–Trinajstić information content (AvgIpc) is 2.54. The molecule has 0 heterocycles. The van der Waals surface area contributed by atoms with Gasteiger partial charge in [0.1, 0.15) is 0 Å². The number of amides is 1. The van der Waals surface area contributed by atoms with Gasteiger partial charge in [0.05, 0.1) is 19.0 Å². The van der Waals surface area contributed by atoms with Crippen LogP contribution in [0.3, 0.4) is 0 Å². The van der Waals surface area contributed by atoms with E-state index in [0.29, 0.717) is 0 Å². The number of carbonyl (C=O) groups is 2. The summed E-state index contributed by atoms with van der Waals surface area (Å²) in [5, 5.41) is 11.6. The Balaban J connectivity index is 2.22. The van der Waals surface area contributed by atoms with Crippen molar-refractivity contribution >= 4 is 11.9 Å². The molecule has 0 radical (unpaired) electrons. The second kappa shape index (κ2) is 7.56. The number of benzene rings is 2. The van der Waals surface area contributed by atoms with Gasteiger partial charge in [0.15, 0.2) is 0 Å². The van der Waals surface area contributed by atoms with Crippen LogP contribution in [0.2, 0.25) is 0 Å². The highest BCUT2D eigenvalue weighted by molar-refractivity contribution is 5.79. The number of aliphatic carboxylic acids is 1. The number of carbonyl (C=O) groups excluding carboxylic acids is 1. The molecule has 120 valence electrons. The molecule has 23 heavy (non-hydrogen) atoms. The molecule has 2 aromatic carbocycles. The van der Waals surface area contributed by atoms with Crippen LogP contribution in [0, 0.1) is 6.92 Å². The van der Waals surface area contributed by atoms with Crippen molar-refractivity contribution in [3.63, 3.8) is 0 Å². The lowest BCUT2D eigenvalue weighted by atomic mass is 9.98. The Bertz CT molecular complexity index is 678. The molecule has 4 N–H and O–H groups in total. The molecule has 0 aliphatic heterocycles. The van der Waals surface area contributed by atoms with Crippen LogP contribution in [0.5, 0.6) is 0 Å². The Hall–Kier alpha value is -2.66. The minimum Gasteiger partial charge on any atom is -0.481 e. The van der Waals surface area contributed by atoms with Crippen LogP contribution in [0.15, 0.2) is 48.5 Å². The fourth-order valence-electron chi connectivity index (χ4n) is 2.33. The highest BCUT2D eigenvalue weighted by Gasteiger charge is 2.17. The number of rotatable bonds is 6. The van der Waals surface area contributed by atoms with Gasteiger partial charge in [-0.2, -0.15) is 0 Å². The van der Waals surface area contributed by atoms with Gasteiger partial charge in [-0.05, 0) is 23.6 Å². The molecular weight excluding hydrogens is 292 g/mol. The third-order valence-corrected chi connectivity index (χ3v) is 3.60. The van der Waals surface area contributed by atoms with E-state index < -0.39 is 12.0 Å². The SMILES string of the molecule is Cc1ccc(-c2ccc(C(CC(=O)O)NC(=O)CN)cc2)cc1. The Morgan fingerprint density at radius 3 is 2.04 bits per heavy atom. The van der Waals surface area contributed by atoms with Gasteiger partial charge < -0.3 is 16.2 Å². The molecule has 2 rings (SSSR count). The van der Waals surface area contributed by atoms with Crippen LogP contribution in [0.1, 0.15) is 23.6 Å². The number of carboxylic acids is 1. The maximum atomic E-state index is 11.5. The molecule has 1 unspecified atom stereocenters. The van der Waals surface area contributed by atoms with Crippen molar-refractivity contribution in [2.75, 3.05) is 6.54 Å². The first kappa shape index (κ1) is 16.7. The van der Waals surface area contributed by atoms with Crippen molar-refractivity contribution in [3.8, 4) is 11.1 Å². The van der Waals surface area contributed by atoms with Gasteiger partial charge in [-0.3, -0.25) is 9.59 Å². The maximum Gasteiger partial charge on any atom is 0.305 e. The summed E-state index contributed by atoms with van der Waals surface area (Å²) in [6.45, 7) is 1.86. The van der Waals surface area contributed by atoms with E-state index in [1.165, 1.54) is 5.56 Å². The van der Waals surface area contributed by atoms with E-state index in [2.05, 4.69) is 5.32 Å². The van der Waals surface area contributed by atoms with E-state index in [9.17, 15) is 9.59 Å². The number of carboxylic acid groups (broad SMARTS) is 1. The molecule has 0 aliphatic carbocycles. The lowest BCUT2D eigenvalue weighted by molar-refractivity contribution is -0.137. The Morgan fingerprint density at radius 1 is 1.04 bits per heavy atom. The van der Waals surface area contributed by atoms with Crippen molar-refractivity contribution < 1.29 is 14.7 Å². The maximum absolute atomic E-state index is 11.5. The molecular formula is C18H20N2O3. The van der Waals surface area contributed by atoms with E-state index in [0.717, 1.165) is 16.7 Å². The fraction of sp³-hybridized carbons (Fsp3) is 0.222. The zero-order valence-corrected chi connectivity index (χ0v) is 13.0.